The van der Waals surface area contributed by atoms with E-state index in [-0.39, 0.29) is 11.0 Å². The predicted molar refractivity (Wildman–Crippen MR) is 129 cm³/mol. The first-order valence-electron chi connectivity index (χ1n) is 9.56. The Morgan fingerprint density at radius 2 is 1.60 bits per heavy atom. The molecule has 1 heterocycles. The molecule has 150 valence electrons. The van der Waals surface area contributed by atoms with Crippen LogP contribution in [0.3, 0.4) is 0 Å². The lowest BCUT2D eigenvalue weighted by Gasteiger charge is -2.11. The summed E-state index contributed by atoms with van der Waals surface area (Å²) in [7, 11) is 0. The van der Waals surface area contributed by atoms with E-state index in [0.29, 0.717) is 5.56 Å². The van der Waals surface area contributed by atoms with Gasteiger partial charge in [0.1, 0.15) is 5.01 Å². The summed E-state index contributed by atoms with van der Waals surface area (Å²) in [6.07, 6.45) is 0. The van der Waals surface area contributed by atoms with Crippen molar-refractivity contribution in [2.45, 2.75) is 20.8 Å². The Kier molecular flexibility index (Phi) is 5.61. The fraction of sp³-hybridized carbons (Fsp3) is 0.125. The highest BCUT2D eigenvalue weighted by Crippen LogP contribution is 2.31. The van der Waals surface area contributed by atoms with E-state index >= 15 is 0 Å². The van der Waals surface area contributed by atoms with Gasteiger partial charge in [-0.2, -0.15) is 0 Å². The van der Waals surface area contributed by atoms with Crippen molar-refractivity contribution in [3.63, 3.8) is 0 Å². The molecule has 1 aromatic heterocycles. The van der Waals surface area contributed by atoms with Crippen LogP contribution in [-0.2, 0) is 0 Å². The van der Waals surface area contributed by atoms with E-state index < -0.39 is 0 Å². The average Bonchev–Trinajstić information content (AvgIpc) is 3.10. The number of amides is 1. The molecule has 0 radical (unpaired) electrons. The lowest BCUT2D eigenvalue weighted by Crippen LogP contribution is -2.34. The summed E-state index contributed by atoms with van der Waals surface area (Å²) in [5.41, 5.74) is 6.77. The summed E-state index contributed by atoms with van der Waals surface area (Å²) >= 11 is 6.98. The third-order valence-corrected chi connectivity index (χ3v) is 5.92. The maximum atomic E-state index is 12.5. The van der Waals surface area contributed by atoms with E-state index in [4.69, 9.17) is 17.2 Å². The standard InChI is InChI=1S/C24H21N3OS2/c1-14-4-9-20-21(13-14)30-23(26-20)17-5-7-19(8-6-17)25-24(29)27-22(28)18-11-15(2)10-16(3)12-18/h4-13H,1-3H3,(H2,25,27,28,29). The molecule has 4 nitrogen and oxygen atoms in total. The minimum Gasteiger partial charge on any atom is -0.332 e. The third kappa shape index (κ3) is 4.56. The minimum atomic E-state index is -0.222. The molecule has 30 heavy (non-hydrogen) atoms. The number of nitrogens with one attached hydrogen (secondary N) is 2. The van der Waals surface area contributed by atoms with Crippen LogP contribution >= 0.6 is 23.6 Å². The van der Waals surface area contributed by atoms with E-state index in [2.05, 4.69) is 35.8 Å². The van der Waals surface area contributed by atoms with Crippen molar-refractivity contribution in [3.05, 3.63) is 82.9 Å². The average molecular weight is 432 g/mol. The largest absolute Gasteiger partial charge is 0.332 e. The van der Waals surface area contributed by atoms with Crippen LogP contribution in [0.2, 0.25) is 0 Å². The van der Waals surface area contributed by atoms with Crippen LogP contribution in [0.5, 0.6) is 0 Å². The summed E-state index contributed by atoms with van der Waals surface area (Å²) in [6, 6.07) is 19.9. The second kappa shape index (κ2) is 8.34. The van der Waals surface area contributed by atoms with Gasteiger partial charge in [0.2, 0.25) is 0 Å². The van der Waals surface area contributed by atoms with Crippen molar-refractivity contribution in [3.8, 4) is 10.6 Å². The smallest absolute Gasteiger partial charge is 0.257 e. The summed E-state index contributed by atoms with van der Waals surface area (Å²) in [5, 5.41) is 7.05. The molecule has 4 rings (SSSR count). The molecule has 1 amide bonds. The van der Waals surface area contributed by atoms with E-state index in [9.17, 15) is 4.79 Å². The molecule has 0 spiro atoms. The third-order valence-electron chi connectivity index (χ3n) is 4.64. The van der Waals surface area contributed by atoms with Gasteiger partial charge in [0.25, 0.3) is 5.91 Å². The predicted octanol–water partition coefficient (Wildman–Crippen LogP) is 6.02. The highest BCUT2D eigenvalue weighted by Gasteiger charge is 2.10. The van der Waals surface area contributed by atoms with Crippen LogP contribution in [0, 0.1) is 20.8 Å². The number of rotatable bonds is 3. The maximum Gasteiger partial charge on any atom is 0.257 e. The molecule has 0 saturated heterocycles. The molecule has 6 heteroatoms. The summed E-state index contributed by atoms with van der Waals surface area (Å²) in [4.78, 5) is 17.2. The Bertz CT molecular complexity index is 1240. The summed E-state index contributed by atoms with van der Waals surface area (Å²) in [6.45, 7) is 6.02. The van der Waals surface area contributed by atoms with Gasteiger partial charge in [0.15, 0.2) is 5.11 Å². The number of hydrogen-bond acceptors (Lipinski definition) is 4. The molecule has 0 atom stereocenters. The molecular formula is C24H21N3OS2. The molecule has 0 aliphatic carbocycles. The number of aryl methyl sites for hydroxylation is 3. The minimum absolute atomic E-state index is 0.222. The normalized spacial score (nSPS) is 10.8. The molecule has 2 N–H and O–H groups in total. The molecule has 0 saturated carbocycles. The molecule has 0 bridgehead atoms. The molecule has 0 aliphatic heterocycles. The number of fused-ring (bicyclic) bond motifs is 1. The molecule has 3 aromatic carbocycles. The Balaban J connectivity index is 1.43. The van der Waals surface area contributed by atoms with Crippen molar-refractivity contribution in [1.29, 1.82) is 0 Å². The molecule has 0 aliphatic rings. The number of nitrogens with zero attached hydrogens (tertiary/aromatic N) is 1. The second-order valence-electron chi connectivity index (χ2n) is 7.35. The van der Waals surface area contributed by atoms with Gasteiger partial charge in [-0.3, -0.25) is 10.1 Å². The van der Waals surface area contributed by atoms with Gasteiger partial charge in [-0.25, -0.2) is 4.98 Å². The Labute approximate surface area is 185 Å². The number of aromatic nitrogens is 1. The van der Waals surface area contributed by atoms with Crippen molar-refractivity contribution in [1.82, 2.24) is 10.3 Å². The van der Waals surface area contributed by atoms with Gasteiger partial charge >= 0.3 is 0 Å². The van der Waals surface area contributed by atoms with E-state index in [0.717, 1.165) is 32.9 Å². The van der Waals surface area contributed by atoms with Gasteiger partial charge in [-0.1, -0.05) is 23.3 Å². The molecule has 0 fully saturated rings. The monoisotopic (exact) mass is 431 g/mol. The highest BCUT2D eigenvalue weighted by molar-refractivity contribution is 7.80. The molecule has 4 aromatic rings. The fourth-order valence-electron chi connectivity index (χ4n) is 3.29. The quantitative estimate of drug-likeness (QED) is 0.390. The van der Waals surface area contributed by atoms with Gasteiger partial charge in [-0.05, 0) is 87.1 Å². The van der Waals surface area contributed by atoms with Crippen molar-refractivity contribution in [2.75, 3.05) is 5.32 Å². The van der Waals surface area contributed by atoms with Crippen LogP contribution in [0.1, 0.15) is 27.0 Å². The lowest BCUT2D eigenvalue weighted by molar-refractivity contribution is 0.0977. The highest BCUT2D eigenvalue weighted by atomic mass is 32.1. The van der Waals surface area contributed by atoms with Gasteiger partial charge in [0, 0.05) is 16.8 Å². The second-order valence-corrected chi connectivity index (χ2v) is 8.79. The maximum absolute atomic E-state index is 12.5. The Hall–Kier alpha value is -3.09. The molecular weight excluding hydrogens is 410 g/mol. The first-order valence-corrected chi connectivity index (χ1v) is 10.8. The zero-order valence-corrected chi connectivity index (χ0v) is 18.6. The van der Waals surface area contributed by atoms with Crippen molar-refractivity contribution in [2.24, 2.45) is 0 Å². The summed E-state index contributed by atoms with van der Waals surface area (Å²) < 4.78 is 1.18. The lowest BCUT2D eigenvalue weighted by atomic mass is 10.1. The van der Waals surface area contributed by atoms with Crippen LogP contribution in [-0.4, -0.2) is 16.0 Å². The van der Waals surface area contributed by atoms with Gasteiger partial charge < -0.3 is 5.32 Å². The number of carbonyl (C=O) groups excluding carboxylic acids is 1. The van der Waals surface area contributed by atoms with Crippen LogP contribution in [0.4, 0.5) is 5.69 Å². The summed E-state index contributed by atoms with van der Waals surface area (Å²) in [5.74, 6) is -0.222. The SMILES string of the molecule is Cc1cc(C)cc(C(=O)NC(=S)Nc2ccc(-c3nc4ccc(C)cc4s3)cc2)c1. The first kappa shape index (κ1) is 20.2. The number of carbonyl (C=O) groups is 1. The van der Waals surface area contributed by atoms with Gasteiger partial charge in [-0.15, -0.1) is 11.3 Å². The number of anilines is 1. The van der Waals surface area contributed by atoms with Crippen LogP contribution in [0.25, 0.3) is 20.8 Å². The Morgan fingerprint density at radius 3 is 2.30 bits per heavy atom. The van der Waals surface area contributed by atoms with Crippen LogP contribution < -0.4 is 10.6 Å². The zero-order valence-electron chi connectivity index (χ0n) is 16.9. The van der Waals surface area contributed by atoms with E-state index in [1.54, 1.807) is 11.3 Å². The zero-order chi connectivity index (χ0) is 21.3. The number of benzene rings is 3. The number of thiocarbonyl (C=S) groups is 1. The van der Waals surface area contributed by atoms with Gasteiger partial charge in [0.05, 0.1) is 10.2 Å². The topological polar surface area (TPSA) is 54.0 Å². The Morgan fingerprint density at radius 1 is 0.900 bits per heavy atom. The van der Waals surface area contributed by atoms with E-state index in [1.165, 1.54) is 10.3 Å². The van der Waals surface area contributed by atoms with Crippen molar-refractivity contribution >= 4 is 50.5 Å². The van der Waals surface area contributed by atoms with Crippen LogP contribution in [0.15, 0.2) is 60.7 Å². The first-order chi connectivity index (χ1) is 14.4. The molecule has 0 unspecified atom stereocenters. The number of hydrogen-bond donors (Lipinski definition) is 2. The number of thiazole rings is 1. The fourth-order valence-corrected chi connectivity index (χ4v) is 4.57. The van der Waals surface area contributed by atoms with E-state index in [1.807, 2.05) is 56.3 Å². The van der Waals surface area contributed by atoms with Crippen molar-refractivity contribution < 1.29 is 4.79 Å².